The highest BCUT2D eigenvalue weighted by Gasteiger charge is 2.23. The van der Waals surface area contributed by atoms with Gasteiger partial charge in [-0.2, -0.15) is 0 Å². The van der Waals surface area contributed by atoms with Gasteiger partial charge in [0.25, 0.3) is 0 Å². The van der Waals surface area contributed by atoms with Crippen LogP contribution in [0.2, 0.25) is 0 Å². The smallest absolute Gasteiger partial charge is 0.191 e. The number of aryl methyl sites for hydroxylation is 1. The topological polar surface area (TPSA) is 62.0 Å². The van der Waals surface area contributed by atoms with Gasteiger partial charge in [-0.1, -0.05) is 6.08 Å². The number of rotatable bonds is 9. The summed E-state index contributed by atoms with van der Waals surface area (Å²) in [5.74, 6) is 1.77. The van der Waals surface area contributed by atoms with Gasteiger partial charge in [0, 0.05) is 42.4 Å². The standard InChI is InChI=1S/C21H30N4O2S/c1-3-9-22-21(23-10-8-18-5-4-13-27-18)24-16-19(20-7-6-17(2)28-20)25-11-14-26-15-12-25/h3-7,13,19H,1,8-12,14-16H2,2H3,(H2,22,23,24). The molecule has 3 heterocycles. The fraction of sp³-hybridized carbons (Fsp3) is 0.476. The number of furan rings is 1. The Morgan fingerprint density at radius 2 is 2.18 bits per heavy atom. The first-order valence-corrected chi connectivity index (χ1v) is 10.6. The number of hydrogen-bond acceptors (Lipinski definition) is 5. The van der Waals surface area contributed by atoms with E-state index < -0.39 is 0 Å². The highest BCUT2D eigenvalue weighted by Crippen LogP contribution is 2.28. The molecule has 2 aromatic heterocycles. The molecule has 1 unspecified atom stereocenters. The molecule has 0 radical (unpaired) electrons. The highest BCUT2D eigenvalue weighted by atomic mass is 32.1. The van der Waals surface area contributed by atoms with Gasteiger partial charge in [-0.15, -0.1) is 17.9 Å². The van der Waals surface area contributed by atoms with E-state index in [-0.39, 0.29) is 6.04 Å². The molecule has 6 nitrogen and oxygen atoms in total. The van der Waals surface area contributed by atoms with Crippen molar-refractivity contribution in [3.8, 4) is 0 Å². The van der Waals surface area contributed by atoms with E-state index in [4.69, 9.17) is 14.1 Å². The van der Waals surface area contributed by atoms with Crippen molar-refractivity contribution >= 4 is 17.3 Å². The Bertz CT molecular complexity index is 735. The molecule has 2 N–H and O–H groups in total. The molecule has 1 fully saturated rings. The van der Waals surface area contributed by atoms with E-state index in [0.717, 1.165) is 51.0 Å². The largest absolute Gasteiger partial charge is 0.469 e. The van der Waals surface area contributed by atoms with Crippen LogP contribution in [0, 0.1) is 6.92 Å². The molecule has 152 valence electrons. The second kappa shape index (κ2) is 11.0. The van der Waals surface area contributed by atoms with E-state index in [0.29, 0.717) is 13.1 Å². The molecule has 1 aliphatic rings. The molecule has 0 aromatic carbocycles. The fourth-order valence-electron chi connectivity index (χ4n) is 3.19. The monoisotopic (exact) mass is 402 g/mol. The van der Waals surface area contributed by atoms with Crippen LogP contribution in [0.1, 0.15) is 21.6 Å². The quantitative estimate of drug-likeness (QED) is 0.384. The van der Waals surface area contributed by atoms with Crippen LogP contribution in [0.15, 0.2) is 52.6 Å². The second-order valence-corrected chi connectivity index (χ2v) is 8.05. The number of hydrogen-bond donors (Lipinski definition) is 2. The molecule has 0 bridgehead atoms. The Balaban J connectivity index is 1.65. The van der Waals surface area contributed by atoms with Gasteiger partial charge in [0.2, 0.25) is 0 Å². The lowest BCUT2D eigenvalue weighted by molar-refractivity contribution is 0.0186. The summed E-state index contributed by atoms with van der Waals surface area (Å²) in [7, 11) is 0. The molecule has 1 atom stereocenters. The molecule has 0 spiro atoms. The van der Waals surface area contributed by atoms with E-state index >= 15 is 0 Å². The number of thiophene rings is 1. The minimum absolute atomic E-state index is 0.273. The summed E-state index contributed by atoms with van der Waals surface area (Å²) in [6.07, 6.45) is 4.36. The lowest BCUT2D eigenvalue weighted by Crippen LogP contribution is -2.42. The van der Waals surface area contributed by atoms with Gasteiger partial charge in [0.15, 0.2) is 5.96 Å². The third kappa shape index (κ3) is 6.22. The predicted octanol–water partition coefficient (Wildman–Crippen LogP) is 2.99. The van der Waals surface area contributed by atoms with E-state index in [1.54, 1.807) is 6.26 Å². The summed E-state index contributed by atoms with van der Waals surface area (Å²) >= 11 is 1.85. The van der Waals surface area contributed by atoms with Crippen molar-refractivity contribution in [3.05, 3.63) is 58.7 Å². The van der Waals surface area contributed by atoms with Crippen LogP contribution in [0.4, 0.5) is 0 Å². The SMILES string of the molecule is C=CCNC(=NCC(c1ccc(C)s1)N1CCOCC1)NCCc1ccco1. The molecular weight excluding hydrogens is 372 g/mol. The number of morpholine rings is 1. The fourth-order valence-corrected chi connectivity index (χ4v) is 4.19. The normalized spacial score (nSPS) is 16.7. The number of aliphatic imine (C=N–C) groups is 1. The van der Waals surface area contributed by atoms with Gasteiger partial charge in [0.05, 0.1) is 32.1 Å². The van der Waals surface area contributed by atoms with Crippen molar-refractivity contribution in [2.45, 2.75) is 19.4 Å². The van der Waals surface area contributed by atoms with Gasteiger partial charge in [-0.05, 0) is 31.2 Å². The Hall–Kier alpha value is -2.09. The first kappa shape index (κ1) is 20.6. The molecule has 7 heteroatoms. The van der Waals surface area contributed by atoms with E-state index in [2.05, 4.69) is 41.2 Å². The van der Waals surface area contributed by atoms with E-state index in [1.165, 1.54) is 9.75 Å². The molecule has 3 rings (SSSR count). The Labute approximate surface area is 171 Å². The number of nitrogens with zero attached hydrogens (tertiary/aromatic N) is 2. The molecule has 1 saturated heterocycles. The van der Waals surface area contributed by atoms with Crippen LogP contribution in [0.5, 0.6) is 0 Å². The van der Waals surface area contributed by atoms with Gasteiger partial charge < -0.3 is 19.8 Å². The molecule has 2 aromatic rings. The van der Waals surface area contributed by atoms with Crippen molar-refractivity contribution in [3.63, 3.8) is 0 Å². The lowest BCUT2D eigenvalue weighted by Gasteiger charge is -2.33. The van der Waals surface area contributed by atoms with Gasteiger partial charge in [-0.3, -0.25) is 9.89 Å². The maximum absolute atomic E-state index is 5.54. The minimum atomic E-state index is 0.273. The summed E-state index contributed by atoms with van der Waals surface area (Å²) in [5.41, 5.74) is 0. The van der Waals surface area contributed by atoms with Crippen LogP contribution in [-0.4, -0.2) is 56.8 Å². The molecular formula is C21H30N4O2S. The Kier molecular flexibility index (Phi) is 8.14. The molecule has 28 heavy (non-hydrogen) atoms. The van der Waals surface area contributed by atoms with E-state index in [1.807, 2.05) is 29.5 Å². The minimum Gasteiger partial charge on any atom is -0.469 e. The Morgan fingerprint density at radius 3 is 2.86 bits per heavy atom. The third-order valence-electron chi connectivity index (χ3n) is 4.66. The van der Waals surface area contributed by atoms with Crippen molar-refractivity contribution in [1.29, 1.82) is 0 Å². The zero-order valence-corrected chi connectivity index (χ0v) is 17.3. The maximum atomic E-state index is 5.54. The average molecular weight is 403 g/mol. The highest BCUT2D eigenvalue weighted by molar-refractivity contribution is 7.12. The van der Waals surface area contributed by atoms with Crippen LogP contribution in [0.3, 0.4) is 0 Å². The van der Waals surface area contributed by atoms with Gasteiger partial charge in [-0.25, -0.2) is 0 Å². The lowest BCUT2D eigenvalue weighted by atomic mass is 10.2. The zero-order chi connectivity index (χ0) is 19.6. The maximum Gasteiger partial charge on any atom is 0.191 e. The molecule has 0 amide bonds. The number of nitrogens with one attached hydrogen (secondary N) is 2. The predicted molar refractivity (Wildman–Crippen MR) is 115 cm³/mol. The third-order valence-corrected chi connectivity index (χ3v) is 5.76. The summed E-state index contributed by atoms with van der Waals surface area (Å²) in [6.45, 7) is 11.5. The van der Waals surface area contributed by atoms with E-state index in [9.17, 15) is 0 Å². The van der Waals surface area contributed by atoms with Crippen molar-refractivity contribution in [2.75, 3.05) is 45.9 Å². The first-order chi connectivity index (χ1) is 13.8. The number of guanidine groups is 1. The summed E-state index contributed by atoms with van der Waals surface area (Å²) < 4.78 is 10.9. The second-order valence-electron chi connectivity index (χ2n) is 6.73. The summed E-state index contributed by atoms with van der Waals surface area (Å²) in [6, 6.07) is 8.60. The summed E-state index contributed by atoms with van der Waals surface area (Å²) in [4.78, 5) is 10.1. The first-order valence-electron chi connectivity index (χ1n) is 9.80. The van der Waals surface area contributed by atoms with Crippen LogP contribution < -0.4 is 10.6 Å². The van der Waals surface area contributed by atoms with Crippen LogP contribution >= 0.6 is 11.3 Å². The Morgan fingerprint density at radius 1 is 1.32 bits per heavy atom. The summed E-state index contributed by atoms with van der Waals surface area (Å²) in [5, 5.41) is 6.71. The van der Waals surface area contributed by atoms with Crippen LogP contribution in [-0.2, 0) is 11.2 Å². The molecule has 1 aliphatic heterocycles. The molecule has 0 aliphatic carbocycles. The van der Waals surface area contributed by atoms with Gasteiger partial charge in [0.1, 0.15) is 5.76 Å². The van der Waals surface area contributed by atoms with Crippen molar-refractivity contribution in [1.82, 2.24) is 15.5 Å². The van der Waals surface area contributed by atoms with Crippen LogP contribution in [0.25, 0.3) is 0 Å². The zero-order valence-electron chi connectivity index (χ0n) is 16.5. The average Bonchev–Trinajstić information content (AvgIpc) is 3.38. The van der Waals surface area contributed by atoms with Crippen molar-refractivity contribution < 1.29 is 9.15 Å². The number of ether oxygens (including phenoxy) is 1. The molecule has 0 saturated carbocycles. The van der Waals surface area contributed by atoms with Gasteiger partial charge >= 0.3 is 0 Å². The van der Waals surface area contributed by atoms with Crippen molar-refractivity contribution in [2.24, 2.45) is 4.99 Å².